The zero-order valence-corrected chi connectivity index (χ0v) is 13.7. The summed E-state index contributed by atoms with van der Waals surface area (Å²) in [6, 6.07) is 0. The van der Waals surface area contributed by atoms with Crippen LogP contribution in [0.4, 0.5) is 0 Å². The third kappa shape index (κ3) is 3.72. The summed E-state index contributed by atoms with van der Waals surface area (Å²) in [7, 11) is -2.13. The largest absolute Gasteiger partial charge is 0.395 e. The van der Waals surface area contributed by atoms with Gasteiger partial charge in [-0.15, -0.1) is 0 Å². The Labute approximate surface area is 125 Å². The summed E-state index contributed by atoms with van der Waals surface area (Å²) >= 11 is 6.04. The van der Waals surface area contributed by atoms with Gasteiger partial charge in [-0.25, -0.2) is 8.42 Å². The molecule has 1 aromatic rings. The van der Waals surface area contributed by atoms with Crippen LogP contribution in [0.15, 0.2) is 4.90 Å². The highest BCUT2D eigenvalue weighted by molar-refractivity contribution is 7.89. The lowest BCUT2D eigenvalue weighted by Crippen LogP contribution is -2.34. The van der Waals surface area contributed by atoms with E-state index in [-0.39, 0.29) is 23.2 Å². The lowest BCUT2D eigenvalue weighted by molar-refractivity contribution is 0.252. The molecular formula is C12H22ClN3O3S. The van der Waals surface area contributed by atoms with Crippen molar-refractivity contribution in [1.82, 2.24) is 14.1 Å². The van der Waals surface area contributed by atoms with Gasteiger partial charge in [-0.05, 0) is 13.3 Å². The molecule has 1 N–H and O–H groups in total. The molecule has 0 amide bonds. The molecule has 1 heterocycles. The molecule has 0 bridgehead atoms. The van der Waals surface area contributed by atoms with Crippen molar-refractivity contribution in [3.63, 3.8) is 0 Å². The topological polar surface area (TPSA) is 75.4 Å². The fraction of sp³-hybridized carbons (Fsp3) is 0.750. The number of halogens is 1. The minimum Gasteiger partial charge on any atom is -0.395 e. The first-order valence-corrected chi connectivity index (χ1v) is 8.48. The average Bonchev–Trinajstić information content (AvgIpc) is 2.62. The van der Waals surface area contributed by atoms with Crippen molar-refractivity contribution in [2.24, 2.45) is 7.05 Å². The molecule has 0 spiro atoms. The Bertz CT molecular complexity index is 542. The SMILES string of the molecule is CCCCCN(CCO)S(=O)(=O)c1c(C)nn(C)c1Cl. The van der Waals surface area contributed by atoms with E-state index in [0.29, 0.717) is 12.2 Å². The second kappa shape index (κ2) is 7.40. The summed E-state index contributed by atoms with van der Waals surface area (Å²) in [5, 5.41) is 13.2. The number of aryl methyl sites for hydroxylation is 2. The normalized spacial score (nSPS) is 12.3. The molecule has 1 rings (SSSR count). The molecule has 116 valence electrons. The van der Waals surface area contributed by atoms with Gasteiger partial charge in [0.1, 0.15) is 10.0 Å². The first-order chi connectivity index (χ1) is 9.36. The highest BCUT2D eigenvalue weighted by atomic mass is 35.5. The Morgan fingerprint density at radius 1 is 1.35 bits per heavy atom. The van der Waals surface area contributed by atoms with Crippen LogP contribution in [0, 0.1) is 6.92 Å². The number of aromatic nitrogens is 2. The van der Waals surface area contributed by atoms with Crippen molar-refractivity contribution in [3.8, 4) is 0 Å². The maximum atomic E-state index is 12.6. The van der Waals surface area contributed by atoms with Gasteiger partial charge in [0.15, 0.2) is 0 Å². The summed E-state index contributed by atoms with van der Waals surface area (Å²) in [4.78, 5) is 0.0339. The van der Waals surface area contributed by atoms with Crippen molar-refractivity contribution in [3.05, 3.63) is 10.8 Å². The second-order valence-corrected chi connectivity index (χ2v) is 6.90. The predicted molar refractivity (Wildman–Crippen MR) is 78.3 cm³/mol. The number of sulfonamides is 1. The third-order valence-corrected chi connectivity index (χ3v) is 5.65. The third-order valence-electron chi connectivity index (χ3n) is 3.06. The van der Waals surface area contributed by atoms with E-state index >= 15 is 0 Å². The molecule has 0 aromatic carbocycles. The summed E-state index contributed by atoms with van der Waals surface area (Å²) in [6.45, 7) is 3.88. The number of aliphatic hydroxyl groups excluding tert-OH is 1. The van der Waals surface area contributed by atoms with Crippen LogP contribution in [0.25, 0.3) is 0 Å². The van der Waals surface area contributed by atoms with Crippen LogP contribution in [0.3, 0.4) is 0 Å². The molecule has 1 aromatic heterocycles. The van der Waals surface area contributed by atoms with E-state index in [1.54, 1.807) is 14.0 Å². The molecule has 0 fully saturated rings. The number of hydrogen-bond acceptors (Lipinski definition) is 4. The molecule has 8 heteroatoms. The van der Waals surface area contributed by atoms with Crippen LogP contribution in [0.1, 0.15) is 31.9 Å². The Kier molecular flexibility index (Phi) is 6.44. The molecule has 0 saturated heterocycles. The molecule has 0 aliphatic heterocycles. The number of aliphatic hydroxyl groups is 1. The van der Waals surface area contributed by atoms with Crippen LogP contribution < -0.4 is 0 Å². The monoisotopic (exact) mass is 323 g/mol. The van der Waals surface area contributed by atoms with Crippen molar-refractivity contribution in [1.29, 1.82) is 0 Å². The van der Waals surface area contributed by atoms with E-state index in [4.69, 9.17) is 16.7 Å². The van der Waals surface area contributed by atoms with Gasteiger partial charge < -0.3 is 5.11 Å². The summed E-state index contributed by atoms with van der Waals surface area (Å²) in [5.74, 6) is 0. The smallest absolute Gasteiger partial charge is 0.248 e. The van der Waals surface area contributed by atoms with Crippen LogP contribution in [0.2, 0.25) is 5.15 Å². The number of rotatable bonds is 8. The maximum Gasteiger partial charge on any atom is 0.248 e. The molecule has 0 radical (unpaired) electrons. The van der Waals surface area contributed by atoms with E-state index in [2.05, 4.69) is 5.10 Å². The van der Waals surface area contributed by atoms with Gasteiger partial charge in [0, 0.05) is 20.1 Å². The Hall–Kier alpha value is -0.630. The minimum atomic E-state index is -3.73. The Morgan fingerprint density at radius 2 is 2.00 bits per heavy atom. The molecule has 0 saturated carbocycles. The highest BCUT2D eigenvalue weighted by Gasteiger charge is 2.30. The van der Waals surface area contributed by atoms with E-state index in [1.165, 1.54) is 8.99 Å². The molecule has 0 unspecified atom stereocenters. The summed E-state index contributed by atoms with van der Waals surface area (Å²) in [6.07, 6.45) is 2.70. The van der Waals surface area contributed by atoms with Gasteiger partial charge >= 0.3 is 0 Å². The molecular weight excluding hydrogens is 302 g/mol. The molecule has 0 aliphatic carbocycles. The van der Waals surface area contributed by atoms with E-state index in [1.807, 2.05) is 6.92 Å². The number of unbranched alkanes of at least 4 members (excludes halogenated alkanes) is 2. The fourth-order valence-electron chi connectivity index (χ4n) is 2.03. The van der Waals surface area contributed by atoms with E-state index in [9.17, 15) is 8.42 Å². The van der Waals surface area contributed by atoms with E-state index < -0.39 is 10.0 Å². The van der Waals surface area contributed by atoms with Crippen molar-refractivity contribution < 1.29 is 13.5 Å². The van der Waals surface area contributed by atoms with Crippen LogP contribution >= 0.6 is 11.6 Å². The number of nitrogens with zero attached hydrogens (tertiary/aromatic N) is 3. The fourth-order valence-corrected chi connectivity index (χ4v) is 4.21. The first-order valence-electron chi connectivity index (χ1n) is 6.66. The first kappa shape index (κ1) is 17.4. The molecule has 6 nitrogen and oxygen atoms in total. The molecule has 0 aliphatic rings. The van der Waals surface area contributed by atoms with Gasteiger partial charge in [-0.3, -0.25) is 4.68 Å². The van der Waals surface area contributed by atoms with Gasteiger partial charge in [0.25, 0.3) is 0 Å². The Morgan fingerprint density at radius 3 is 2.45 bits per heavy atom. The maximum absolute atomic E-state index is 12.6. The molecule has 0 atom stereocenters. The standard InChI is InChI=1S/C12H22ClN3O3S/c1-4-5-6-7-16(8-9-17)20(18,19)11-10(2)14-15(3)12(11)13/h17H,4-9H2,1-3H3. The van der Waals surface area contributed by atoms with Crippen LogP contribution in [-0.2, 0) is 17.1 Å². The van der Waals surface area contributed by atoms with Gasteiger partial charge in [-0.2, -0.15) is 9.40 Å². The minimum absolute atomic E-state index is 0.0339. The van der Waals surface area contributed by atoms with Gasteiger partial charge in [0.2, 0.25) is 10.0 Å². The average molecular weight is 324 g/mol. The zero-order chi connectivity index (χ0) is 15.3. The van der Waals surface area contributed by atoms with Crippen LogP contribution in [-0.4, -0.2) is 47.3 Å². The zero-order valence-electron chi connectivity index (χ0n) is 12.1. The Balaban J connectivity index is 3.09. The van der Waals surface area contributed by atoms with Gasteiger partial charge in [0.05, 0.1) is 12.3 Å². The lowest BCUT2D eigenvalue weighted by Gasteiger charge is -2.21. The summed E-state index contributed by atoms with van der Waals surface area (Å²) in [5.41, 5.74) is 0.371. The van der Waals surface area contributed by atoms with E-state index in [0.717, 1.165) is 19.3 Å². The van der Waals surface area contributed by atoms with Gasteiger partial charge in [-0.1, -0.05) is 31.4 Å². The quantitative estimate of drug-likeness (QED) is 0.737. The van der Waals surface area contributed by atoms with Crippen LogP contribution in [0.5, 0.6) is 0 Å². The predicted octanol–water partition coefficient (Wildman–Crippen LogP) is 1.56. The number of hydrogen-bond donors (Lipinski definition) is 1. The lowest BCUT2D eigenvalue weighted by atomic mass is 10.2. The molecule has 20 heavy (non-hydrogen) atoms. The summed E-state index contributed by atoms with van der Waals surface area (Å²) < 4.78 is 27.9. The van der Waals surface area contributed by atoms with Crippen molar-refractivity contribution in [2.45, 2.75) is 38.0 Å². The van der Waals surface area contributed by atoms with Crippen molar-refractivity contribution in [2.75, 3.05) is 19.7 Å². The van der Waals surface area contributed by atoms with Crippen molar-refractivity contribution >= 4 is 21.6 Å². The second-order valence-electron chi connectivity index (χ2n) is 4.66. The highest BCUT2D eigenvalue weighted by Crippen LogP contribution is 2.27.